The predicted molar refractivity (Wildman–Crippen MR) is 74.7 cm³/mol. The second-order valence-electron chi connectivity index (χ2n) is 4.65. The molecule has 0 bridgehead atoms. The molecule has 0 radical (unpaired) electrons. The summed E-state index contributed by atoms with van der Waals surface area (Å²) in [6.07, 6.45) is 0. The first-order valence-electron chi connectivity index (χ1n) is 6.32. The van der Waals surface area contributed by atoms with Crippen LogP contribution in [0.15, 0.2) is 24.3 Å². The van der Waals surface area contributed by atoms with Crippen molar-refractivity contribution in [3.05, 3.63) is 52.3 Å². The van der Waals surface area contributed by atoms with Gasteiger partial charge < -0.3 is 5.32 Å². The SMILES string of the molecule is CNCc1c(C)nn(Cc2cccc(C#N)c2)c1C. The van der Waals surface area contributed by atoms with Crippen LogP contribution in [0.25, 0.3) is 0 Å². The summed E-state index contributed by atoms with van der Waals surface area (Å²) >= 11 is 0. The Labute approximate surface area is 113 Å². The molecule has 4 heteroatoms. The molecule has 0 amide bonds. The van der Waals surface area contributed by atoms with Crippen LogP contribution in [0.1, 0.15) is 28.1 Å². The number of nitrogens with one attached hydrogen (secondary N) is 1. The van der Waals surface area contributed by atoms with E-state index in [0.29, 0.717) is 12.1 Å². The van der Waals surface area contributed by atoms with Gasteiger partial charge in [-0.25, -0.2) is 0 Å². The van der Waals surface area contributed by atoms with Crippen LogP contribution in [-0.4, -0.2) is 16.8 Å². The molecule has 0 spiro atoms. The van der Waals surface area contributed by atoms with Crippen LogP contribution in [0.5, 0.6) is 0 Å². The Morgan fingerprint density at radius 3 is 2.84 bits per heavy atom. The number of aromatic nitrogens is 2. The summed E-state index contributed by atoms with van der Waals surface area (Å²) in [5, 5.41) is 16.7. The van der Waals surface area contributed by atoms with Crippen molar-refractivity contribution in [2.75, 3.05) is 7.05 Å². The summed E-state index contributed by atoms with van der Waals surface area (Å²) in [6, 6.07) is 9.83. The third kappa shape index (κ3) is 2.83. The van der Waals surface area contributed by atoms with Crippen LogP contribution >= 0.6 is 0 Å². The largest absolute Gasteiger partial charge is 0.316 e. The number of aryl methyl sites for hydroxylation is 1. The Balaban J connectivity index is 2.28. The van der Waals surface area contributed by atoms with Crippen molar-refractivity contribution in [3.63, 3.8) is 0 Å². The number of nitrogens with zero attached hydrogens (tertiary/aromatic N) is 3. The van der Waals surface area contributed by atoms with E-state index in [-0.39, 0.29) is 0 Å². The molecular weight excluding hydrogens is 236 g/mol. The molecule has 2 aromatic rings. The molecule has 0 unspecified atom stereocenters. The molecule has 0 aliphatic carbocycles. The average Bonchev–Trinajstić information content (AvgIpc) is 2.67. The number of hydrogen-bond donors (Lipinski definition) is 1. The van der Waals surface area contributed by atoms with Crippen molar-refractivity contribution >= 4 is 0 Å². The molecule has 0 aliphatic rings. The second kappa shape index (κ2) is 5.68. The van der Waals surface area contributed by atoms with Crippen molar-refractivity contribution in [2.45, 2.75) is 26.9 Å². The zero-order valence-corrected chi connectivity index (χ0v) is 11.6. The van der Waals surface area contributed by atoms with Gasteiger partial charge in [-0.05, 0) is 38.6 Å². The maximum atomic E-state index is 8.92. The molecule has 0 aliphatic heterocycles. The predicted octanol–water partition coefficient (Wildman–Crippen LogP) is 2.14. The molecule has 0 atom stereocenters. The highest BCUT2D eigenvalue weighted by molar-refractivity contribution is 5.33. The third-order valence-corrected chi connectivity index (χ3v) is 3.27. The minimum Gasteiger partial charge on any atom is -0.316 e. The van der Waals surface area contributed by atoms with Gasteiger partial charge in [-0.2, -0.15) is 10.4 Å². The fraction of sp³-hybridized carbons (Fsp3) is 0.333. The second-order valence-corrected chi connectivity index (χ2v) is 4.65. The van der Waals surface area contributed by atoms with Gasteiger partial charge in [0.05, 0.1) is 23.9 Å². The quantitative estimate of drug-likeness (QED) is 0.909. The standard InChI is InChI=1S/C15H18N4/c1-11-15(9-17-3)12(2)19(18-11)10-14-6-4-5-13(7-14)8-16/h4-7,17H,9-10H2,1-3H3. The van der Waals surface area contributed by atoms with E-state index in [1.807, 2.05) is 42.9 Å². The smallest absolute Gasteiger partial charge is 0.0991 e. The lowest BCUT2D eigenvalue weighted by atomic mass is 10.1. The molecule has 1 heterocycles. The van der Waals surface area contributed by atoms with Gasteiger partial charge in [0, 0.05) is 17.8 Å². The van der Waals surface area contributed by atoms with Crippen LogP contribution < -0.4 is 5.32 Å². The lowest BCUT2D eigenvalue weighted by Crippen LogP contribution is -2.08. The number of nitriles is 1. The highest BCUT2D eigenvalue weighted by atomic mass is 15.3. The van der Waals surface area contributed by atoms with E-state index in [4.69, 9.17) is 5.26 Å². The van der Waals surface area contributed by atoms with Gasteiger partial charge in [-0.3, -0.25) is 4.68 Å². The average molecular weight is 254 g/mol. The van der Waals surface area contributed by atoms with Crippen LogP contribution in [-0.2, 0) is 13.1 Å². The van der Waals surface area contributed by atoms with E-state index in [2.05, 4.69) is 23.4 Å². The topological polar surface area (TPSA) is 53.6 Å². The molecule has 19 heavy (non-hydrogen) atoms. The third-order valence-electron chi connectivity index (χ3n) is 3.27. The van der Waals surface area contributed by atoms with Gasteiger partial charge in [0.2, 0.25) is 0 Å². The molecule has 0 saturated heterocycles. The summed E-state index contributed by atoms with van der Waals surface area (Å²) < 4.78 is 2.00. The summed E-state index contributed by atoms with van der Waals surface area (Å²) in [7, 11) is 1.94. The Bertz CT molecular complexity index is 620. The van der Waals surface area contributed by atoms with Crippen molar-refractivity contribution < 1.29 is 0 Å². The molecule has 98 valence electrons. The molecule has 1 aromatic carbocycles. The van der Waals surface area contributed by atoms with Gasteiger partial charge in [0.1, 0.15) is 0 Å². The molecule has 4 nitrogen and oxygen atoms in total. The molecule has 1 N–H and O–H groups in total. The summed E-state index contributed by atoms with van der Waals surface area (Å²) in [5.41, 5.74) is 5.27. The minimum atomic E-state index is 0.689. The van der Waals surface area contributed by atoms with Crippen LogP contribution in [0.4, 0.5) is 0 Å². The van der Waals surface area contributed by atoms with Crippen molar-refractivity contribution in [1.82, 2.24) is 15.1 Å². The zero-order valence-electron chi connectivity index (χ0n) is 11.6. The van der Waals surface area contributed by atoms with E-state index >= 15 is 0 Å². The maximum Gasteiger partial charge on any atom is 0.0991 e. The van der Waals surface area contributed by atoms with Gasteiger partial charge in [-0.1, -0.05) is 12.1 Å². The molecule has 0 saturated carbocycles. The Hall–Kier alpha value is -2.12. The highest BCUT2D eigenvalue weighted by Crippen LogP contribution is 2.15. The number of hydrogen-bond acceptors (Lipinski definition) is 3. The summed E-state index contributed by atoms with van der Waals surface area (Å²) in [4.78, 5) is 0. The monoisotopic (exact) mass is 254 g/mol. The first kappa shape index (κ1) is 13.3. The Morgan fingerprint density at radius 1 is 1.37 bits per heavy atom. The Morgan fingerprint density at radius 2 is 2.16 bits per heavy atom. The summed E-state index contributed by atoms with van der Waals surface area (Å²) in [5.74, 6) is 0. The number of benzene rings is 1. The van der Waals surface area contributed by atoms with Gasteiger partial charge in [-0.15, -0.1) is 0 Å². The lowest BCUT2D eigenvalue weighted by molar-refractivity contribution is 0.657. The zero-order chi connectivity index (χ0) is 13.8. The molecule has 1 aromatic heterocycles. The van der Waals surface area contributed by atoms with Crippen molar-refractivity contribution in [1.29, 1.82) is 5.26 Å². The normalized spacial score (nSPS) is 10.4. The highest BCUT2D eigenvalue weighted by Gasteiger charge is 2.10. The van der Waals surface area contributed by atoms with Gasteiger partial charge >= 0.3 is 0 Å². The van der Waals surface area contributed by atoms with E-state index in [9.17, 15) is 0 Å². The van der Waals surface area contributed by atoms with Crippen LogP contribution in [0.3, 0.4) is 0 Å². The fourth-order valence-corrected chi connectivity index (χ4v) is 2.23. The van der Waals surface area contributed by atoms with Crippen molar-refractivity contribution in [2.24, 2.45) is 0 Å². The van der Waals surface area contributed by atoms with Gasteiger partial charge in [0.25, 0.3) is 0 Å². The maximum absolute atomic E-state index is 8.92. The van der Waals surface area contributed by atoms with E-state index in [1.165, 1.54) is 11.3 Å². The van der Waals surface area contributed by atoms with Crippen LogP contribution in [0.2, 0.25) is 0 Å². The number of rotatable bonds is 4. The fourth-order valence-electron chi connectivity index (χ4n) is 2.23. The molecule has 0 fully saturated rings. The van der Waals surface area contributed by atoms with Crippen molar-refractivity contribution in [3.8, 4) is 6.07 Å². The van der Waals surface area contributed by atoms with E-state index in [1.54, 1.807) is 0 Å². The summed E-state index contributed by atoms with van der Waals surface area (Å²) in [6.45, 7) is 5.64. The minimum absolute atomic E-state index is 0.689. The van der Waals surface area contributed by atoms with E-state index < -0.39 is 0 Å². The Kier molecular flexibility index (Phi) is 3.98. The lowest BCUT2D eigenvalue weighted by Gasteiger charge is -2.06. The van der Waals surface area contributed by atoms with E-state index in [0.717, 1.165) is 17.8 Å². The molecule has 2 rings (SSSR count). The molecular formula is C15H18N4. The first-order valence-corrected chi connectivity index (χ1v) is 6.32. The van der Waals surface area contributed by atoms with Crippen LogP contribution in [0, 0.1) is 25.2 Å². The van der Waals surface area contributed by atoms with Gasteiger partial charge in [0.15, 0.2) is 0 Å². The first-order chi connectivity index (χ1) is 9.15.